The number of benzene rings is 1. The molecule has 0 fully saturated rings. The summed E-state index contributed by atoms with van der Waals surface area (Å²) in [5, 5.41) is 2.68. The molecule has 0 aliphatic heterocycles. The van der Waals surface area contributed by atoms with E-state index in [1.807, 2.05) is 25.1 Å². The molecule has 0 spiro atoms. The average Bonchev–Trinajstić information content (AvgIpc) is 2.41. The molecule has 2 aromatic heterocycles. The topological polar surface area (TPSA) is 45.8 Å². The van der Waals surface area contributed by atoms with Gasteiger partial charge in [-0.15, -0.1) is 0 Å². The maximum absolute atomic E-state index is 12.2. The SMILES string of the molecule is Cc1c[nH]c(=O)c2c1nc(C(C)C)c1ccc(Br)cc12. The summed E-state index contributed by atoms with van der Waals surface area (Å²) in [5.74, 6) is 0.307. The molecule has 0 radical (unpaired) electrons. The predicted octanol–water partition coefficient (Wildman–Crippen LogP) is 4.27. The van der Waals surface area contributed by atoms with Crippen molar-refractivity contribution in [1.29, 1.82) is 0 Å². The van der Waals surface area contributed by atoms with Gasteiger partial charge in [0.05, 0.1) is 16.6 Å². The third-order valence-corrected chi connectivity index (χ3v) is 4.06. The van der Waals surface area contributed by atoms with Gasteiger partial charge < -0.3 is 4.98 Å². The molecule has 0 saturated carbocycles. The zero-order valence-corrected chi connectivity index (χ0v) is 13.2. The van der Waals surface area contributed by atoms with Crippen LogP contribution in [0.4, 0.5) is 0 Å². The Bertz CT molecular complexity index is 881. The van der Waals surface area contributed by atoms with Crippen LogP contribution in [0.25, 0.3) is 21.7 Å². The van der Waals surface area contributed by atoms with Gasteiger partial charge in [-0.05, 0) is 35.9 Å². The number of fused-ring (bicyclic) bond motifs is 3. The number of pyridine rings is 2. The minimum atomic E-state index is -0.0866. The molecule has 4 heteroatoms. The van der Waals surface area contributed by atoms with Crippen molar-refractivity contribution in [1.82, 2.24) is 9.97 Å². The van der Waals surface area contributed by atoms with Gasteiger partial charge in [-0.1, -0.05) is 35.8 Å². The summed E-state index contributed by atoms with van der Waals surface area (Å²) in [4.78, 5) is 19.8. The second-order valence-electron chi connectivity index (χ2n) is 5.37. The summed E-state index contributed by atoms with van der Waals surface area (Å²) >= 11 is 3.49. The van der Waals surface area contributed by atoms with Crippen LogP contribution in [-0.2, 0) is 0 Å². The molecule has 0 unspecified atom stereocenters. The van der Waals surface area contributed by atoms with Crippen LogP contribution in [-0.4, -0.2) is 9.97 Å². The standard InChI is InChI=1S/C16H15BrN2O/c1-8(2)14-11-5-4-10(17)6-12(11)13-15(19-14)9(3)7-18-16(13)20/h4-8H,1-3H3,(H,18,20). The third kappa shape index (κ3) is 1.95. The molecule has 0 aliphatic rings. The van der Waals surface area contributed by atoms with Gasteiger partial charge in [0.15, 0.2) is 0 Å². The van der Waals surface area contributed by atoms with E-state index in [1.165, 1.54) is 0 Å². The van der Waals surface area contributed by atoms with E-state index in [2.05, 4.69) is 34.8 Å². The van der Waals surface area contributed by atoms with Crippen LogP contribution in [0.1, 0.15) is 31.0 Å². The molecule has 102 valence electrons. The van der Waals surface area contributed by atoms with Crippen molar-refractivity contribution in [2.75, 3.05) is 0 Å². The van der Waals surface area contributed by atoms with Gasteiger partial charge in [-0.25, -0.2) is 0 Å². The highest BCUT2D eigenvalue weighted by Gasteiger charge is 2.14. The van der Waals surface area contributed by atoms with Crippen molar-refractivity contribution in [2.24, 2.45) is 0 Å². The van der Waals surface area contributed by atoms with Crippen molar-refractivity contribution >= 4 is 37.6 Å². The number of nitrogens with zero attached hydrogens (tertiary/aromatic N) is 1. The van der Waals surface area contributed by atoms with Crippen LogP contribution in [0.5, 0.6) is 0 Å². The zero-order chi connectivity index (χ0) is 14.4. The Morgan fingerprint density at radius 3 is 2.70 bits per heavy atom. The number of aromatic nitrogens is 2. The summed E-state index contributed by atoms with van der Waals surface area (Å²) in [6, 6.07) is 6.02. The first-order valence-electron chi connectivity index (χ1n) is 6.60. The maximum atomic E-state index is 12.2. The van der Waals surface area contributed by atoms with Crippen LogP contribution < -0.4 is 5.56 Å². The minimum absolute atomic E-state index is 0.0866. The molecule has 0 bridgehead atoms. The highest BCUT2D eigenvalue weighted by atomic mass is 79.9. The van der Waals surface area contributed by atoms with Gasteiger partial charge in [0.2, 0.25) is 0 Å². The van der Waals surface area contributed by atoms with Gasteiger partial charge >= 0.3 is 0 Å². The summed E-state index contributed by atoms with van der Waals surface area (Å²) in [5.41, 5.74) is 2.73. The Kier molecular flexibility index (Phi) is 3.13. The Labute approximate surface area is 125 Å². The Morgan fingerprint density at radius 1 is 1.25 bits per heavy atom. The smallest absolute Gasteiger partial charge is 0.258 e. The summed E-state index contributed by atoms with van der Waals surface area (Å²) in [6.45, 7) is 6.22. The van der Waals surface area contributed by atoms with Crippen molar-refractivity contribution in [3.63, 3.8) is 0 Å². The van der Waals surface area contributed by atoms with Crippen LogP contribution in [0, 0.1) is 6.92 Å². The first kappa shape index (κ1) is 13.3. The number of aromatic amines is 1. The van der Waals surface area contributed by atoms with Crippen LogP contribution in [0.15, 0.2) is 33.7 Å². The fraction of sp³-hybridized carbons (Fsp3) is 0.250. The number of halogens is 1. The Morgan fingerprint density at radius 2 is 2.00 bits per heavy atom. The van der Waals surface area contributed by atoms with Gasteiger partial charge in [0, 0.05) is 16.1 Å². The first-order chi connectivity index (χ1) is 9.49. The number of rotatable bonds is 1. The molecule has 2 heterocycles. The van der Waals surface area contributed by atoms with Crippen LogP contribution >= 0.6 is 15.9 Å². The molecule has 1 N–H and O–H groups in total. The quantitative estimate of drug-likeness (QED) is 0.677. The average molecular weight is 331 g/mol. The summed E-state index contributed by atoms with van der Waals surface area (Å²) in [7, 11) is 0. The fourth-order valence-corrected chi connectivity index (χ4v) is 2.94. The predicted molar refractivity (Wildman–Crippen MR) is 86.4 cm³/mol. The zero-order valence-electron chi connectivity index (χ0n) is 11.6. The van der Waals surface area contributed by atoms with E-state index >= 15 is 0 Å². The van der Waals surface area contributed by atoms with Gasteiger partial charge in [-0.2, -0.15) is 0 Å². The molecule has 3 aromatic rings. The lowest BCUT2D eigenvalue weighted by Crippen LogP contribution is -2.09. The van der Waals surface area contributed by atoms with Gasteiger partial charge in [0.1, 0.15) is 0 Å². The molecule has 0 amide bonds. The van der Waals surface area contributed by atoms with Crippen LogP contribution in [0.3, 0.4) is 0 Å². The molecular formula is C16H15BrN2O. The number of nitrogens with one attached hydrogen (secondary N) is 1. The van der Waals surface area contributed by atoms with Crippen molar-refractivity contribution in [3.8, 4) is 0 Å². The Hall–Kier alpha value is -1.68. The van der Waals surface area contributed by atoms with E-state index in [0.717, 1.165) is 32.0 Å². The second-order valence-corrected chi connectivity index (χ2v) is 6.28. The molecule has 3 nitrogen and oxygen atoms in total. The van der Waals surface area contributed by atoms with E-state index in [-0.39, 0.29) is 5.56 Å². The number of hydrogen-bond donors (Lipinski definition) is 1. The maximum Gasteiger partial charge on any atom is 0.258 e. The highest BCUT2D eigenvalue weighted by Crippen LogP contribution is 2.31. The van der Waals surface area contributed by atoms with Crippen molar-refractivity contribution < 1.29 is 0 Å². The lowest BCUT2D eigenvalue weighted by molar-refractivity contribution is 0.840. The van der Waals surface area contributed by atoms with E-state index in [9.17, 15) is 4.79 Å². The molecule has 0 saturated heterocycles. The van der Waals surface area contributed by atoms with Gasteiger partial charge in [-0.3, -0.25) is 9.78 Å². The minimum Gasteiger partial charge on any atom is -0.328 e. The van der Waals surface area contributed by atoms with E-state index in [4.69, 9.17) is 4.98 Å². The highest BCUT2D eigenvalue weighted by molar-refractivity contribution is 9.10. The molecule has 20 heavy (non-hydrogen) atoms. The first-order valence-corrected chi connectivity index (χ1v) is 7.39. The van der Waals surface area contributed by atoms with E-state index in [1.54, 1.807) is 6.20 Å². The van der Waals surface area contributed by atoms with Crippen molar-refractivity contribution in [3.05, 3.63) is 50.5 Å². The fourth-order valence-electron chi connectivity index (χ4n) is 2.58. The number of H-pyrrole nitrogens is 1. The lowest BCUT2D eigenvalue weighted by Gasteiger charge is -2.13. The third-order valence-electron chi connectivity index (χ3n) is 3.56. The Balaban J connectivity index is 2.66. The largest absolute Gasteiger partial charge is 0.328 e. The molecule has 0 aliphatic carbocycles. The van der Waals surface area contributed by atoms with Crippen molar-refractivity contribution in [2.45, 2.75) is 26.7 Å². The summed E-state index contributed by atoms with van der Waals surface area (Å²) in [6.07, 6.45) is 1.73. The van der Waals surface area contributed by atoms with E-state index in [0.29, 0.717) is 11.3 Å². The molecular weight excluding hydrogens is 316 g/mol. The number of hydrogen-bond acceptors (Lipinski definition) is 2. The van der Waals surface area contributed by atoms with E-state index < -0.39 is 0 Å². The van der Waals surface area contributed by atoms with Crippen LogP contribution in [0.2, 0.25) is 0 Å². The van der Waals surface area contributed by atoms with Gasteiger partial charge in [0.25, 0.3) is 5.56 Å². The molecule has 0 atom stereocenters. The monoisotopic (exact) mass is 330 g/mol. The normalized spacial score (nSPS) is 11.7. The summed E-state index contributed by atoms with van der Waals surface area (Å²) < 4.78 is 0.966. The number of aryl methyl sites for hydroxylation is 1. The lowest BCUT2D eigenvalue weighted by atomic mass is 9.98. The molecule has 3 rings (SSSR count). The second kappa shape index (κ2) is 4.70. The molecule has 1 aromatic carbocycles.